The highest BCUT2D eigenvalue weighted by Crippen LogP contribution is 2.37. The SMILES string of the molecule is N#Cc1cnn2c(-c3cccc(Oc4ccccc4)c3)c(-c3ccccc3)cnc12.c1ccc(Oc2cccc(-c3c(-c4ccccc4)cnc4c(-c5nn[nH]n5)cnn34)c2)cc1. The molecule has 5 heterocycles. The van der Waals surface area contributed by atoms with E-state index in [1.54, 1.807) is 23.1 Å². The van der Waals surface area contributed by atoms with Crippen molar-refractivity contribution in [2.75, 3.05) is 0 Å². The molecule has 11 rings (SSSR count). The van der Waals surface area contributed by atoms with Crippen LogP contribution in [-0.4, -0.2) is 49.8 Å². The Labute approximate surface area is 360 Å². The first-order valence-electron chi connectivity index (χ1n) is 19.8. The zero-order chi connectivity index (χ0) is 42.4. The molecule has 0 aliphatic rings. The van der Waals surface area contributed by atoms with Gasteiger partial charge in [0.05, 0.1) is 29.3 Å². The Kier molecular flexibility index (Phi) is 10.3. The minimum Gasteiger partial charge on any atom is -0.457 e. The molecular formula is C50H33N11O2. The summed E-state index contributed by atoms with van der Waals surface area (Å²) in [6.45, 7) is 0. The molecule has 0 spiro atoms. The highest BCUT2D eigenvalue weighted by molar-refractivity contribution is 5.85. The van der Waals surface area contributed by atoms with E-state index in [9.17, 15) is 5.26 Å². The first kappa shape index (κ1) is 38.0. The van der Waals surface area contributed by atoms with E-state index in [1.165, 1.54) is 0 Å². The van der Waals surface area contributed by atoms with Gasteiger partial charge in [0.1, 0.15) is 34.6 Å². The second-order valence-corrected chi connectivity index (χ2v) is 14.1. The van der Waals surface area contributed by atoms with E-state index in [2.05, 4.69) is 54.0 Å². The zero-order valence-electron chi connectivity index (χ0n) is 33.3. The summed E-state index contributed by atoms with van der Waals surface area (Å²) in [6.07, 6.45) is 6.91. The Morgan fingerprint density at radius 2 is 0.921 bits per heavy atom. The molecule has 0 saturated carbocycles. The molecule has 13 heteroatoms. The van der Waals surface area contributed by atoms with Crippen molar-refractivity contribution in [3.63, 3.8) is 0 Å². The number of fused-ring (bicyclic) bond motifs is 2. The predicted molar refractivity (Wildman–Crippen MR) is 239 cm³/mol. The average Bonchev–Trinajstić information content (AvgIpc) is 4.14. The van der Waals surface area contributed by atoms with Crippen LogP contribution in [0.5, 0.6) is 23.0 Å². The molecule has 0 saturated heterocycles. The summed E-state index contributed by atoms with van der Waals surface area (Å²) >= 11 is 0. The van der Waals surface area contributed by atoms with Crippen LogP contribution in [0, 0.1) is 11.3 Å². The maximum Gasteiger partial charge on any atom is 0.210 e. The Morgan fingerprint density at radius 1 is 0.460 bits per heavy atom. The number of hydrogen-bond acceptors (Lipinski definition) is 10. The number of ether oxygens (including phenoxy) is 2. The molecule has 63 heavy (non-hydrogen) atoms. The second kappa shape index (κ2) is 17.1. The van der Waals surface area contributed by atoms with Crippen molar-refractivity contribution in [1.82, 2.24) is 49.8 Å². The summed E-state index contributed by atoms with van der Waals surface area (Å²) in [5.41, 5.74) is 9.83. The van der Waals surface area contributed by atoms with Gasteiger partial charge in [0.15, 0.2) is 11.3 Å². The molecule has 1 N–H and O–H groups in total. The van der Waals surface area contributed by atoms with Gasteiger partial charge in [-0.25, -0.2) is 19.0 Å². The zero-order valence-corrected chi connectivity index (χ0v) is 33.3. The fourth-order valence-electron chi connectivity index (χ4n) is 7.25. The maximum atomic E-state index is 9.42. The van der Waals surface area contributed by atoms with Gasteiger partial charge in [-0.1, -0.05) is 121 Å². The fraction of sp³-hybridized carbons (Fsp3) is 0. The monoisotopic (exact) mass is 819 g/mol. The number of benzene rings is 6. The topological polar surface area (TPSA) is 157 Å². The molecule has 11 aromatic rings. The van der Waals surface area contributed by atoms with E-state index >= 15 is 0 Å². The van der Waals surface area contributed by atoms with Gasteiger partial charge in [-0.05, 0) is 64.9 Å². The molecule has 0 amide bonds. The number of nitrogens with zero attached hydrogens (tertiary/aromatic N) is 10. The van der Waals surface area contributed by atoms with Crippen molar-refractivity contribution >= 4 is 11.3 Å². The molecule has 0 radical (unpaired) electrons. The summed E-state index contributed by atoms with van der Waals surface area (Å²) < 4.78 is 15.7. The van der Waals surface area contributed by atoms with Crippen LogP contribution in [0.1, 0.15) is 5.56 Å². The summed E-state index contributed by atoms with van der Waals surface area (Å²) in [5.74, 6) is 3.43. The van der Waals surface area contributed by atoms with E-state index < -0.39 is 0 Å². The normalized spacial score (nSPS) is 10.8. The third-order valence-electron chi connectivity index (χ3n) is 10.1. The summed E-state index contributed by atoms with van der Waals surface area (Å²) in [5, 5.41) is 32.9. The van der Waals surface area contributed by atoms with Gasteiger partial charge in [0.2, 0.25) is 5.82 Å². The van der Waals surface area contributed by atoms with Crippen LogP contribution < -0.4 is 9.47 Å². The van der Waals surface area contributed by atoms with Gasteiger partial charge in [0, 0.05) is 34.6 Å². The van der Waals surface area contributed by atoms with Gasteiger partial charge in [-0.15, -0.1) is 10.2 Å². The van der Waals surface area contributed by atoms with Crippen molar-refractivity contribution in [2.24, 2.45) is 0 Å². The molecule has 300 valence electrons. The molecule has 13 nitrogen and oxygen atoms in total. The molecule has 0 fully saturated rings. The van der Waals surface area contributed by atoms with Crippen molar-refractivity contribution in [1.29, 1.82) is 5.26 Å². The van der Waals surface area contributed by atoms with Crippen LogP contribution in [0.15, 0.2) is 195 Å². The number of nitrogens with one attached hydrogen (secondary N) is 1. The highest BCUT2D eigenvalue weighted by Gasteiger charge is 2.20. The van der Waals surface area contributed by atoms with Crippen molar-refractivity contribution in [2.45, 2.75) is 0 Å². The Morgan fingerprint density at radius 3 is 1.43 bits per heavy atom. The lowest BCUT2D eigenvalue weighted by atomic mass is 10.0. The van der Waals surface area contributed by atoms with Gasteiger partial charge >= 0.3 is 0 Å². The second-order valence-electron chi connectivity index (χ2n) is 14.1. The number of para-hydroxylation sites is 2. The highest BCUT2D eigenvalue weighted by atomic mass is 16.5. The quantitative estimate of drug-likeness (QED) is 0.149. The lowest BCUT2D eigenvalue weighted by Gasteiger charge is -2.13. The van der Waals surface area contributed by atoms with E-state index in [4.69, 9.17) is 14.5 Å². The summed E-state index contributed by atoms with van der Waals surface area (Å²) in [7, 11) is 0. The van der Waals surface area contributed by atoms with E-state index in [0.29, 0.717) is 28.2 Å². The van der Waals surface area contributed by atoms with Crippen molar-refractivity contribution in [3.05, 3.63) is 200 Å². The molecule has 0 bridgehead atoms. The molecule has 0 atom stereocenters. The van der Waals surface area contributed by atoms with Crippen LogP contribution in [-0.2, 0) is 0 Å². The third kappa shape index (κ3) is 7.82. The fourth-order valence-corrected chi connectivity index (χ4v) is 7.25. The number of H-pyrrole nitrogens is 1. The molecular weight excluding hydrogens is 787 g/mol. The summed E-state index contributed by atoms with van der Waals surface area (Å²) in [4.78, 5) is 9.21. The lowest BCUT2D eigenvalue weighted by molar-refractivity contribution is 0.482. The number of aromatic amines is 1. The van der Waals surface area contributed by atoms with E-state index in [1.807, 2.05) is 168 Å². The largest absolute Gasteiger partial charge is 0.457 e. The first-order chi connectivity index (χ1) is 31.2. The van der Waals surface area contributed by atoms with Crippen LogP contribution in [0.25, 0.3) is 67.5 Å². The summed E-state index contributed by atoms with van der Waals surface area (Å²) in [6, 6.07) is 57.5. The minimum atomic E-state index is 0.438. The van der Waals surface area contributed by atoms with Gasteiger partial charge in [0.25, 0.3) is 0 Å². The lowest BCUT2D eigenvalue weighted by Crippen LogP contribution is -2.00. The standard InChI is InChI=1S/C25H17N7O.C25H16N4O/c1-3-8-17(9-4-1)21-15-26-25-22(24-28-30-31-29-24)16-27-32(25)23(21)18-10-7-13-20(14-18)33-19-11-5-2-6-12-19;26-15-20-16-28-29-24(23(17-27-25(20)29)18-8-3-1-4-9-18)19-10-7-13-22(14-19)30-21-11-5-2-6-12-21/h1-16H,(H,28,29,30,31);1-14,16-17H. The number of hydrogen-bond donors (Lipinski definition) is 1. The Balaban J connectivity index is 0.000000150. The predicted octanol–water partition coefficient (Wildman–Crippen LogP) is 10.8. The smallest absolute Gasteiger partial charge is 0.210 e. The molecule has 0 unspecified atom stereocenters. The maximum absolute atomic E-state index is 9.42. The third-order valence-corrected chi connectivity index (χ3v) is 10.1. The Hall–Kier alpha value is -9.28. The van der Waals surface area contributed by atoms with Crippen LogP contribution in [0.4, 0.5) is 0 Å². The number of tetrazole rings is 1. The van der Waals surface area contributed by atoms with E-state index in [0.717, 1.165) is 67.8 Å². The minimum absolute atomic E-state index is 0.438. The molecule has 6 aromatic carbocycles. The van der Waals surface area contributed by atoms with Crippen LogP contribution in [0.3, 0.4) is 0 Å². The Bertz CT molecular complexity index is 3350. The van der Waals surface area contributed by atoms with Gasteiger partial charge in [-0.3, -0.25) is 0 Å². The molecule has 0 aliphatic carbocycles. The van der Waals surface area contributed by atoms with Crippen LogP contribution >= 0.6 is 0 Å². The van der Waals surface area contributed by atoms with Gasteiger partial charge < -0.3 is 9.47 Å². The average molecular weight is 820 g/mol. The van der Waals surface area contributed by atoms with E-state index in [-0.39, 0.29) is 0 Å². The van der Waals surface area contributed by atoms with Gasteiger partial charge in [-0.2, -0.15) is 20.7 Å². The number of rotatable bonds is 9. The number of nitriles is 1. The first-order valence-corrected chi connectivity index (χ1v) is 19.8. The van der Waals surface area contributed by atoms with Crippen LogP contribution in [0.2, 0.25) is 0 Å². The number of aromatic nitrogens is 10. The van der Waals surface area contributed by atoms with Crippen molar-refractivity contribution < 1.29 is 9.47 Å². The van der Waals surface area contributed by atoms with Crippen molar-refractivity contribution in [3.8, 4) is 85.2 Å². The molecule has 5 aromatic heterocycles. The molecule has 0 aliphatic heterocycles.